The fraction of sp³-hybridized carbons (Fsp3) is 0.955. The third kappa shape index (κ3) is 32.4. The Morgan fingerprint density at radius 3 is 1.31 bits per heavy atom. The van der Waals surface area contributed by atoms with Crippen molar-refractivity contribution in [1.82, 2.24) is 0 Å². The smallest absolute Gasteiger partial charge is 1.00 e. The van der Waals surface area contributed by atoms with Gasteiger partial charge in [0.05, 0.1) is 6.10 Å². The number of Topliss-reactive ketones (excluding diaryl/α,β-unsaturated/α-hetero) is 1. The minimum absolute atomic E-state index is 0. The molecule has 4 heteroatoms. The van der Waals surface area contributed by atoms with Crippen LogP contribution in [0.25, 0.3) is 0 Å². The summed E-state index contributed by atoms with van der Waals surface area (Å²) in [6.07, 6.45) is 18.1. The Balaban J connectivity index is -0.000000108. The molecule has 0 saturated heterocycles. The Bertz CT molecular complexity index is 234. The maximum absolute atomic E-state index is 11.2. The van der Waals surface area contributed by atoms with Gasteiger partial charge >= 0.3 is 29.6 Å². The van der Waals surface area contributed by atoms with Gasteiger partial charge in [-0.15, -0.1) is 0 Å². The topological polar surface area (TPSA) is 37.3 Å². The molecule has 1 N–H and O–H groups in total. The largest absolute Gasteiger partial charge is 1.00 e. The molecule has 3 radical (unpaired) electrons. The molecule has 0 aromatic heterocycles. The zero-order chi connectivity index (χ0) is 18.5. The van der Waals surface area contributed by atoms with Gasteiger partial charge < -0.3 is 6.53 Å². The van der Waals surface area contributed by atoms with E-state index in [1.807, 2.05) is 0 Å². The van der Waals surface area contributed by atoms with Crippen LogP contribution in [0.1, 0.15) is 132 Å². The van der Waals surface area contributed by atoms with Gasteiger partial charge in [0.2, 0.25) is 0 Å². The first-order valence-corrected chi connectivity index (χ1v) is 10.8. The van der Waals surface area contributed by atoms with E-state index in [4.69, 9.17) is 0 Å². The standard InChI is InChI=1S/C11H24O.C11H22O.B.Na.H/c2*1-3-5-7-9-11(12)10-8-6-4-2;;;/h11-12H,3-10H2,1-2H3;3-10H2,1-2H3;;;/q;;;+1;-1. The maximum atomic E-state index is 11.2. The number of carbonyl (C=O) groups is 1. The van der Waals surface area contributed by atoms with Crippen molar-refractivity contribution in [3.8, 4) is 0 Å². The fourth-order valence-corrected chi connectivity index (χ4v) is 2.67. The Labute approximate surface area is 191 Å². The van der Waals surface area contributed by atoms with E-state index in [1.165, 1.54) is 64.2 Å². The summed E-state index contributed by atoms with van der Waals surface area (Å²) in [5.41, 5.74) is 0. The monoisotopic (exact) mass is 377 g/mol. The fourth-order valence-electron chi connectivity index (χ4n) is 2.67. The molecule has 0 amide bonds. The number of aliphatic hydroxyl groups excluding tert-OH is 1. The summed E-state index contributed by atoms with van der Waals surface area (Å²) in [4.78, 5) is 11.2. The molecule has 0 fully saturated rings. The second-order valence-electron chi connectivity index (χ2n) is 7.10. The zero-order valence-electron chi connectivity index (χ0n) is 19.8. The van der Waals surface area contributed by atoms with Crippen molar-refractivity contribution in [2.75, 3.05) is 0 Å². The van der Waals surface area contributed by atoms with Crippen LogP contribution in [0.4, 0.5) is 0 Å². The predicted octanol–water partition coefficient (Wildman–Crippen LogP) is 3.96. The average molecular weight is 377 g/mol. The molecule has 0 aliphatic rings. The van der Waals surface area contributed by atoms with E-state index >= 15 is 0 Å². The van der Waals surface area contributed by atoms with Gasteiger partial charge in [0, 0.05) is 21.3 Å². The van der Waals surface area contributed by atoms with E-state index in [-0.39, 0.29) is 45.5 Å². The van der Waals surface area contributed by atoms with Crippen LogP contribution < -0.4 is 29.6 Å². The van der Waals surface area contributed by atoms with Gasteiger partial charge in [-0.1, -0.05) is 91.9 Å². The van der Waals surface area contributed by atoms with Crippen molar-refractivity contribution in [3.63, 3.8) is 0 Å². The number of carbonyl (C=O) groups excluding carboxylic acids is 1. The van der Waals surface area contributed by atoms with Crippen LogP contribution in [0.3, 0.4) is 0 Å². The van der Waals surface area contributed by atoms with Crippen molar-refractivity contribution in [3.05, 3.63) is 0 Å². The summed E-state index contributed by atoms with van der Waals surface area (Å²) in [5, 5.41) is 9.50. The summed E-state index contributed by atoms with van der Waals surface area (Å²) in [5.74, 6) is 0.469. The molecule has 0 bridgehead atoms. The molecule has 0 aromatic carbocycles. The summed E-state index contributed by atoms with van der Waals surface area (Å²) in [7, 11) is 0. The van der Waals surface area contributed by atoms with Gasteiger partial charge in [0.1, 0.15) is 5.78 Å². The third-order valence-corrected chi connectivity index (χ3v) is 4.40. The van der Waals surface area contributed by atoms with E-state index in [0.29, 0.717) is 5.78 Å². The van der Waals surface area contributed by atoms with E-state index in [1.54, 1.807) is 0 Å². The van der Waals surface area contributed by atoms with Crippen molar-refractivity contribution >= 4 is 14.2 Å². The molecule has 0 atom stereocenters. The molecule has 0 saturated carbocycles. The van der Waals surface area contributed by atoms with Crippen molar-refractivity contribution in [2.45, 2.75) is 137 Å². The molecule has 0 spiro atoms. The molecule has 2 nitrogen and oxygen atoms in total. The molecule has 151 valence electrons. The summed E-state index contributed by atoms with van der Waals surface area (Å²) >= 11 is 0. The van der Waals surface area contributed by atoms with E-state index in [2.05, 4.69) is 27.7 Å². The van der Waals surface area contributed by atoms with Crippen LogP contribution in [0, 0.1) is 0 Å². The molecule has 0 aliphatic carbocycles. The first-order chi connectivity index (χ1) is 11.6. The minimum Gasteiger partial charge on any atom is -1.00 e. The van der Waals surface area contributed by atoms with Gasteiger partial charge in [-0.2, -0.15) is 0 Å². The predicted molar refractivity (Wildman–Crippen MR) is 114 cm³/mol. The van der Waals surface area contributed by atoms with Gasteiger partial charge in [-0.25, -0.2) is 0 Å². The first kappa shape index (κ1) is 34.2. The van der Waals surface area contributed by atoms with Gasteiger partial charge in [0.25, 0.3) is 0 Å². The SMILES string of the molecule is CCCCCC(=O)CCCCC.CCCCCC(O)CCCCC.[B].[H-].[Na+]. The quantitative estimate of drug-likeness (QED) is 0.327. The molecular formula is C22H47BNaO2. The van der Waals surface area contributed by atoms with Crippen molar-refractivity contribution in [2.24, 2.45) is 0 Å². The maximum Gasteiger partial charge on any atom is 1.00 e. The number of hydrogen-bond donors (Lipinski definition) is 1. The minimum atomic E-state index is -0.0249. The number of ketones is 1. The third-order valence-electron chi connectivity index (χ3n) is 4.40. The normalized spacial score (nSPS) is 9.77. The van der Waals surface area contributed by atoms with Crippen LogP contribution >= 0.6 is 0 Å². The van der Waals surface area contributed by atoms with Gasteiger partial charge in [-0.3, -0.25) is 4.79 Å². The van der Waals surface area contributed by atoms with Gasteiger partial charge in [0.15, 0.2) is 0 Å². The molecule has 26 heavy (non-hydrogen) atoms. The molecular weight excluding hydrogens is 330 g/mol. The summed E-state index contributed by atoms with van der Waals surface area (Å²) in [6.45, 7) is 8.73. The van der Waals surface area contributed by atoms with Crippen LogP contribution in [0.15, 0.2) is 0 Å². The zero-order valence-corrected chi connectivity index (χ0v) is 20.8. The Hall–Kier alpha value is 0.695. The number of unbranched alkanes of at least 4 members (excludes halogenated alkanes) is 8. The Morgan fingerprint density at radius 2 is 1.00 bits per heavy atom. The second-order valence-corrected chi connectivity index (χ2v) is 7.10. The van der Waals surface area contributed by atoms with Crippen LogP contribution in [0.2, 0.25) is 0 Å². The molecule has 0 unspecified atom stereocenters. The van der Waals surface area contributed by atoms with E-state index in [0.717, 1.165) is 38.5 Å². The Morgan fingerprint density at radius 1 is 0.692 bits per heavy atom. The molecule has 0 rings (SSSR count). The van der Waals surface area contributed by atoms with Crippen molar-refractivity contribution in [1.29, 1.82) is 0 Å². The van der Waals surface area contributed by atoms with Crippen LogP contribution in [-0.2, 0) is 4.79 Å². The van der Waals surface area contributed by atoms with Crippen molar-refractivity contribution < 1.29 is 40.9 Å². The Kier molecular flexibility index (Phi) is 40.0. The van der Waals surface area contributed by atoms with Gasteiger partial charge in [-0.05, 0) is 25.7 Å². The molecule has 0 aliphatic heterocycles. The number of hydrogen-bond acceptors (Lipinski definition) is 2. The average Bonchev–Trinajstić information content (AvgIpc) is 2.56. The van der Waals surface area contributed by atoms with Crippen LogP contribution in [0.5, 0.6) is 0 Å². The second kappa shape index (κ2) is 30.4. The number of rotatable bonds is 16. The van der Waals surface area contributed by atoms with E-state index < -0.39 is 0 Å². The number of aliphatic hydroxyl groups is 1. The summed E-state index contributed by atoms with van der Waals surface area (Å²) < 4.78 is 0. The molecule has 0 heterocycles. The first-order valence-electron chi connectivity index (χ1n) is 10.8. The van der Waals surface area contributed by atoms with E-state index in [9.17, 15) is 9.90 Å². The summed E-state index contributed by atoms with van der Waals surface area (Å²) in [6, 6.07) is 0. The molecule has 0 aromatic rings. The van der Waals surface area contributed by atoms with Crippen LogP contribution in [-0.4, -0.2) is 25.4 Å².